The van der Waals surface area contributed by atoms with Crippen LogP contribution in [0.3, 0.4) is 0 Å². The summed E-state index contributed by atoms with van der Waals surface area (Å²) in [5.74, 6) is 2.35. The molecule has 0 bridgehead atoms. The fourth-order valence-corrected chi connectivity index (χ4v) is 7.28. The summed E-state index contributed by atoms with van der Waals surface area (Å²) in [5.41, 5.74) is 11.3. The summed E-state index contributed by atoms with van der Waals surface area (Å²) in [7, 11) is 0. The van der Waals surface area contributed by atoms with Gasteiger partial charge in [0.1, 0.15) is 17.2 Å². The van der Waals surface area contributed by atoms with E-state index in [9.17, 15) is 0 Å². The number of rotatable bonds is 5. The highest BCUT2D eigenvalue weighted by atomic mass is 16.3. The van der Waals surface area contributed by atoms with Crippen molar-refractivity contribution in [2.45, 2.75) is 31.7 Å². The van der Waals surface area contributed by atoms with Gasteiger partial charge in [-0.3, -0.25) is 0 Å². The van der Waals surface area contributed by atoms with Crippen LogP contribution in [0.1, 0.15) is 53.3 Å². The van der Waals surface area contributed by atoms with Gasteiger partial charge in [0.05, 0.1) is 6.04 Å². The zero-order valence-electron chi connectivity index (χ0n) is 24.5. The molecule has 0 radical (unpaired) electrons. The normalized spacial score (nSPS) is 20.7. The van der Waals surface area contributed by atoms with Crippen molar-refractivity contribution < 1.29 is 4.42 Å². The van der Waals surface area contributed by atoms with E-state index in [1.807, 2.05) is 0 Å². The molecule has 4 aliphatic rings. The standard InChI is InChI=1S/C41H32N2O/c1-3-14-27(15-4-1)36-25-37(43-41(42-36)28-16-5-2-6-17-28)30-22-29(23-30)31-20-11-21-38-39(31)35-24-34(26-12-7-8-13-26)32-18-9-10-19-33(32)40(35)44-38/h1-10,12,14-20,22,24-25,30,36H,11,13,21,23H2,(H,42,43). The molecule has 212 valence electrons. The van der Waals surface area contributed by atoms with Gasteiger partial charge in [-0.2, -0.15) is 0 Å². The predicted octanol–water partition coefficient (Wildman–Crippen LogP) is 9.88. The fraction of sp³-hybridized carbons (Fsp3) is 0.146. The van der Waals surface area contributed by atoms with Crippen molar-refractivity contribution >= 4 is 38.7 Å². The molecule has 3 nitrogen and oxygen atoms in total. The van der Waals surface area contributed by atoms with E-state index in [-0.39, 0.29) is 12.0 Å². The van der Waals surface area contributed by atoms with Crippen molar-refractivity contribution in [2.75, 3.05) is 0 Å². The number of aliphatic imine (C=N–C) groups is 1. The molecule has 44 heavy (non-hydrogen) atoms. The fourth-order valence-electron chi connectivity index (χ4n) is 7.28. The lowest BCUT2D eigenvalue weighted by molar-refractivity contribution is 0.547. The Hall–Kier alpha value is -5.15. The van der Waals surface area contributed by atoms with Crippen LogP contribution >= 0.6 is 0 Å². The molecule has 2 heterocycles. The van der Waals surface area contributed by atoms with Gasteiger partial charge < -0.3 is 9.73 Å². The molecule has 3 aliphatic carbocycles. The number of allylic oxidation sites excluding steroid dienone is 8. The van der Waals surface area contributed by atoms with Crippen molar-refractivity contribution in [3.8, 4) is 0 Å². The van der Waals surface area contributed by atoms with Gasteiger partial charge in [-0.15, -0.1) is 0 Å². The molecule has 3 heteroatoms. The van der Waals surface area contributed by atoms with Gasteiger partial charge in [0.2, 0.25) is 0 Å². The first-order valence-electron chi connectivity index (χ1n) is 15.7. The lowest BCUT2D eigenvalue weighted by Gasteiger charge is -2.32. The lowest BCUT2D eigenvalue weighted by atomic mass is 9.75. The summed E-state index contributed by atoms with van der Waals surface area (Å²) in [4.78, 5) is 5.18. The van der Waals surface area contributed by atoms with E-state index in [0.29, 0.717) is 0 Å². The van der Waals surface area contributed by atoms with Crippen molar-refractivity contribution in [3.63, 3.8) is 0 Å². The molecular weight excluding hydrogens is 536 g/mol. The zero-order chi connectivity index (χ0) is 29.0. The minimum atomic E-state index is 0.0840. The van der Waals surface area contributed by atoms with Gasteiger partial charge in [-0.25, -0.2) is 4.99 Å². The van der Waals surface area contributed by atoms with Crippen LogP contribution in [0.5, 0.6) is 0 Å². The molecular formula is C41H32N2O. The number of aryl methyl sites for hydroxylation is 1. The Balaban J connectivity index is 1.11. The molecule has 0 fully saturated rings. The number of benzene rings is 4. The molecule has 5 aromatic rings. The lowest BCUT2D eigenvalue weighted by Crippen LogP contribution is -2.33. The quantitative estimate of drug-likeness (QED) is 0.229. The van der Waals surface area contributed by atoms with Gasteiger partial charge in [0.25, 0.3) is 0 Å². The highest BCUT2D eigenvalue weighted by molar-refractivity contribution is 6.13. The van der Waals surface area contributed by atoms with E-state index >= 15 is 0 Å². The summed E-state index contributed by atoms with van der Waals surface area (Å²) in [6.07, 6.45) is 17.8. The van der Waals surface area contributed by atoms with Crippen LogP contribution in [0.15, 0.2) is 148 Å². The SMILES string of the molecule is C1=CCC(c2cc3c4c(oc3c3ccccc23)CCC=C4C2=CC(C3=CC(c4ccccc4)NC(c4ccccc4)=N3)C2)=C1. The zero-order valence-corrected chi connectivity index (χ0v) is 24.5. The van der Waals surface area contributed by atoms with Crippen LogP contribution < -0.4 is 5.32 Å². The van der Waals surface area contributed by atoms with E-state index in [1.54, 1.807) is 0 Å². The Labute approximate surface area is 257 Å². The van der Waals surface area contributed by atoms with Gasteiger partial charge in [0, 0.05) is 39.9 Å². The van der Waals surface area contributed by atoms with Crippen LogP contribution in [0.2, 0.25) is 0 Å². The molecule has 2 atom stereocenters. The first-order chi connectivity index (χ1) is 21.8. The van der Waals surface area contributed by atoms with Crippen molar-refractivity contribution in [1.29, 1.82) is 0 Å². The van der Waals surface area contributed by atoms with E-state index in [0.717, 1.165) is 54.1 Å². The van der Waals surface area contributed by atoms with Crippen LogP contribution in [-0.4, -0.2) is 5.84 Å². The minimum absolute atomic E-state index is 0.0840. The van der Waals surface area contributed by atoms with Gasteiger partial charge in [0.15, 0.2) is 0 Å². The Morgan fingerprint density at radius 1 is 0.795 bits per heavy atom. The average molecular weight is 569 g/mol. The minimum Gasteiger partial charge on any atom is -0.460 e. The number of nitrogens with zero attached hydrogens (tertiary/aromatic N) is 1. The second-order valence-electron chi connectivity index (χ2n) is 12.2. The van der Waals surface area contributed by atoms with Crippen molar-refractivity contribution in [2.24, 2.45) is 10.9 Å². The molecule has 1 aliphatic heterocycles. The number of furan rings is 1. The third-order valence-electron chi connectivity index (χ3n) is 9.52. The van der Waals surface area contributed by atoms with Crippen LogP contribution in [0.4, 0.5) is 0 Å². The summed E-state index contributed by atoms with van der Waals surface area (Å²) in [6, 6.07) is 32.3. The van der Waals surface area contributed by atoms with Crippen LogP contribution in [0.25, 0.3) is 32.9 Å². The summed E-state index contributed by atoms with van der Waals surface area (Å²) < 4.78 is 6.70. The van der Waals surface area contributed by atoms with Gasteiger partial charge in [-0.05, 0) is 64.6 Å². The first kappa shape index (κ1) is 25.4. The van der Waals surface area contributed by atoms with Crippen LogP contribution in [-0.2, 0) is 6.42 Å². The molecule has 1 N–H and O–H groups in total. The van der Waals surface area contributed by atoms with E-state index in [4.69, 9.17) is 9.41 Å². The van der Waals surface area contributed by atoms with Gasteiger partial charge >= 0.3 is 0 Å². The van der Waals surface area contributed by atoms with E-state index in [2.05, 4.69) is 133 Å². The summed E-state index contributed by atoms with van der Waals surface area (Å²) >= 11 is 0. The largest absolute Gasteiger partial charge is 0.460 e. The maximum atomic E-state index is 6.70. The predicted molar refractivity (Wildman–Crippen MR) is 181 cm³/mol. The van der Waals surface area contributed by atoms with E-state index in [1.165, 1.54) is 49.6 Å². The summed E-state index contributed by atoms with van der Waals surface area (Å²) in [5, 5.41) is 7.40. The second-order valence-corrected chi connectivity index (χ2v) is 12.2. The second kappa shape index (κ2) is 10.2. The van der Waals surface area contributed by atoms with Gasteiger partial charge in [-0.1, -0.05) is 115 Å². The topological polar surface area (TPSA) is 37.5 Å². The molecule has 0 amide bonds. The highest BCUT2D eigenvalue weighted by Crippen LogP contribution is 2.48. The van der Waals surface area contributed by atoms with Crippen molar-refractivity contribution in [1.82, 2.24) is 5.32 Å². The summed E-state index contributed by atoms with van der Waals surface area (Å²) in [6.45, 7) is 0. The number of hydrogen-bond donors (Lipinski definition) is 1. The molecule has 4 aromatic carbocycles. The Morgan fingerprint density at radius 2 is 1.57 bits per heavy atom. The number of nitrogens with one attached hydrogen (secondary N) is 1. The van der Waals surface area contributed by atoms with Crippen molar-refractivity contribution in [3.05, 3.63) is 167 Å². The molecule has 0 saturated heterocycles. The molecule has 0 spiro atoms. The average Bonchev–Trinajstić information content (AvgIpc) is 3.73. The third kappa shape index (κ3) is 4.15. The third-order valence-corrected chi connectivity index (χ3v) is 9.52. The Kier molecular flexibility index (Phi) is 5.90. The Bertz CT molecular complexity index is 2140. The Morgan fingerprint density at radius 3 is 2.36 bits per heavy atom. The molecule has 0 saturated carbocycles. The maximum Gasteiger partial charge on any atom is 0.142 e. The first-order valence-corrected chi connectivity index (χ1v) is 15.7. The maximum absolute atomic E-state index is 6.70. The number of fused-ring (bicyclic) bond motifs is 5. The monoisotopic (exact) mass is 568 g/mol. The number of amidine groups is 1. The molecule has 9 rings (SSSR count). The smallest absolute Gasteiger partial charge is 0.142 e. The highest BCUT2D eigenvalue weighted by Gasteiger charge is 2.33. The number of hydrogen-bond acceptors (Lipinski definition) is 3. The van der Waals surface area contributed by atoms with Crippen LogP contribution in [0, 0.1) is 5.92 Å². The van der Waals surface area contributed by atoms with E-state index < -0.39 is 0 Å². The molecule has 2 unspecified atom stereocenters. The molecule has 1 aromatic heterocycles.